The molecule has 2 unspecified atom stereocenters. The Kier molecular flexibility index (Phi) is 4.27. The van der Waals surface area contributed by atoms with Crippen molar-refractivity contribution in [2.75, 3.05) is 0 Å². The fraction of sp³-hybridized carbons (Fsp3) is 0.467. The molecule has 2 rings (SSSR count). The number of carbonyl (C=O) groups is 2. The molecule has 1 saturated heterocycles. The molecule has 1 aliphatic heterocycles. The van der Waals surface area contributed by atoms with Crippen LogP contribution in [0.5, 0.6) is 5.75 Å². The molecule has 1 aliphatic rings. The lowest BCUT2D eigenvalue weighted by atomic mass is 10.0. The molecule has 0 saturated carbocycles. The second-order valence-corrected chi connectivity index (χ2v) is 5.03. The predicted molar refractivity (Wildman–Crippen MR) is 75.0 cm³/mol. The van der Waals surface area contributed by atoms with Crippen molar-refractivity contribution in [3.63, 3.8) is 0 Å². The lowest BCUT2D eigenvalue weighted by molar-refractivity contribution is -0.150. The van der Waals surface area contributed by atoms with E-state index in [0.29, 0.717) is 19.4 Å². The lowest BCUT2D eigenvalue weighted by Crippen LogP contribution is -2.62. The molecule has 1 aromatic carbocycles. The fourth-order valence-electron chi connectivity index (χ4n) is 2.49. The third-order valence-electron chi connectivity index (χ3n) is 3.66. The highest BCUT2D eigenvalue weighted by Crippen LogP contribution is 2.19. The van der Waals surface area contributed by atoms with Crippen molar-refractivity contribution in [3.05, 3.63) is 29.8 Å². The van der Waals surface area contributed by atoms with Crippen molar-refractivity contribution < 1.29 is 14.7 Å². The average Bonchev–Trinajstić information content (AvgIpc) is 2.45. The number of carbonyl (C=O) groups excluding carboxylic acids is 2. The number of nitrogens with one attached hydrogen (secondary N) is 1. The van der Waals surface area contributed by atoms with Gasteiger partial charge in [-0.3, -0.25) is 9.59 Å². The van der Waals surface area contributed by atoms with Crippen LogP contribution in [0.3, 0.4) is 0 Å². The highest BCUT2D eigenvalue weighted by Gasteiger charge is 2.38. The molecular formula is C15H20N2O3. The van der Waals surface area contributed by atoms with Crippen molar-refractivity contribution in [1.82, 2.24) is 10.2 Å². The topological polar surface area (TPSA) is 69.6 Å². The van der Waals surface area contributed by atoms with Gasteiger partial charge in [0, 0.05) is 6.54 Å². The molecule has 108 valence electrons. The first kappa shape index (κ1) is 14.4. The van der Waals surface area contributed by atoms with Gasteiger partial charge in [-0.05, 0) is 30.5 Å². The van der Waals surface area contributed by atoms with E-state index >= 15 is 0 Å². The van der Waals surface area contributed by atoms with Crippen LogP contribution in [-0.4, -0.2) is 33.9 Å². The Morgan fingerprint density at radius 2 is 1.80 bits per heavy atom. The van der Waals surface area contributed by atoms with Crippen LogP contribution in [0.15, 0.2) is 24.3 Å². The maximum Gasteiger partial charge on any atom is 0.246 e. The minimum atomic E-state index is -0.428. The summed E-state index contributed by atoms with van der Waals surface area (Å²) < 4.78 is 0. The molecule has 0 bridgehead atoms. The van der Waals surface area contributed by atoms with Crippen LogP contribution in [0.4, 0.5) is 0 Å². The number of amides is 2. The molecule has 20 heavy (non-hydrogen) atoms. The predicted octanol–water partition coefficient (Wildman–Crippen LogP) is 1.41. The number of nitrogens with zero attached hydrogens (tertiary/aromatic N) is 1. The first-order valence-corrected chi connectivity index (χ1v) is 6.95. The number of hydrogen-bond acceptors (Lipinski definition) is 3. The summed E-state index contributed by atoms with van der Waals surface area (Å²) in [6.07, 6.45) is 1.18. The van der Waals surface area contributed by atoms with E-state index in [0.717, 1.165) is 5.56 Å². The molecule has 0 aromatic heterocycles. The molecule has 2 amide bonds. The summed E-state index contributed by atoms with van der Waals surface area (Å²) in [5, 5.41) is 12.1. The summed E-state index contributed by atoms with van der Waals surface area (Å²) >= 11 is 0. The molecule has 5 nitrogen and oxygen atoms in total. The summed E-state index contributed by atoms with van der Waals surface area (Å²) in [7, 11) is 0. The van der Waals surface area contributed by atoms with Crippen LogP contribution in [0.2, 0.25) is 0 Å². The minimum absolute atomic E-state index is 0.0352. The van der Waals surface area contributed by atoms with E-state index in [1.807, 2.05) is 13.8 Å². The van der Waals surface area contributed by atoms with Gasteiger partial charge in [0.05, 0.1) is 0 Å². The van der Waals surface area contributed by atoms with Gasteiger partial charge in [-0.15, -0.1) is 0 Å². The number of phenols is 1. The van der Waals surface area contributed by atoms with Gasteiger partial charge in [-0.25, -0.2) is 0 Å². The molecule has 1 fully saturated rings. The first-order valence-electron chi connectivity index (χ1n) is 6.95. The van der Waals surface area contributed by atoms with E-state index in [1.54, 1.807) is 29.2 Å². The Morgan fingerprint density at radius 3 is 2.35 bits per heavy atom. The minimum Gasteiger partial charge on any atom is -0.508 e. The van der Waals surface area contributed by atoms with Gasteiger partial charge in [0.15, 0.2) is 0 Å². The second kappa shape index (κ2) is 5.94. The first-order chi connectivity index (χ1) is 9.56. The SMILES string of the molecule is CCC1NC(=O)C(CC)N(Cc2ccc(O)cc2)C1=O. The van der Waals surface area contributed by atoms with Gasteiger partial charge in [0.25, 0.3) is 0 Å². The number of piperazine rings is 1. The molecule has 0 spiro atoms. The van der Waals surface area contributed by atoms with Crippen LogP contribution in [0, 0.1) is 0 Å². The van der Waals surface area contributed by atoms with Crippen LogP contribution in [0.1, 0.15) is 32.3 Å². The number of hydrogen-bond donors (Lipinski definition) is 2. The quantitative estimate of drug-likeness (QED) is 0.873. The van der Waals surface area contributed by atoms with Crippen molar-refractivity contribution >= 4 is 11.8 Å². The zero-order valence-corrected chi connectivity index (χ0v) is 11.8. The van der Waals surface area contributed by atoms with Crippen molar-refractivity contribution in [2.45, 2.75) is 45.3 Å². The van der Waals surface area contributed by atoms with E-state index < -0.39 is 12.1 Å². The van der Waals surface area contributed by atoms with Crippen molar-refractivity contribution in [3.8, 4) is 5.75 Å². The lowest BCUT2D eigenvalue weighted by Gasteiger charge is -2.38. The van der Waals surface area contributed by atoms with E-state index in [9.17, 15) is 14.7 Å². The maximum absolute atomic E-state index is 12.4. The van der Waals surface area contributed by atoms with E-state index in [-0.39, 0.29) is 17.6 Å². The van der Waals surface area contributed by atoms with Gasteiger partial charge in [0.1, 0.15) is 17.8 Å². The Labute approximate surface area is 118 Å². The average molecular weight is 276 g/mol. The summed E-state index contributed by atoms with van der Waals surface area (Å²) in [6.45, 7) is 4.17. The number of benzene rings is 1. The molecule has 0 aliphatic carbocycles. The van der Waals surface area contributed by atoms with Crippen LogP contribution in [0.25, 0.3) is 0 Å². The Hall–Kier alpha value is -2.04. The summed E-state index contributed by atoms with van der Waals surface area (Å²) in [4.78, 5) is 26.1. The van der Waals surface area contributed by atoms with Crippen LogP contribution < -0.4 is 5.32 Å². The van der Waals surface area contributed by atoms with Gasteiger partial charge < -0.3 is 15.3 Å². The Morgan fingerprint density at radius 1 is 1.15 bits per heavy atom. The zero-order valence-electron chi connectivity index (χ0n) is 11.8. The maximum atomic E-state index is 12.4. The molecule has 1 heterocycles. The third kappa shape index (κ3) is 2.76. The van der Waals surface area contributed by atoms with E-state index in [4.69, 9.17) is 0 Å². The standard InChI is InChI=1S/C15H20N2O3/c1-3-12-15(20)17(13(4-2)14(19)16-12)9-10-5-7-11(18)8-6-10/h5-8,12-13,18H,3-4,9H2,1-2H3,(H,16,19). The summed E-state index contributed by atoms with van der Waals surface area (Å²) in [5.41, 5.74) is 0.902. The van der Waals surface area contributed by atoms with Crippen LogP contribution >= 0.6 is 0 Å². The highest BCUT2D eigenvalue weighted by molar-refractivity contribution is 5.96. The van der Waals surface area contributed by atoms with E-state index in [2.05, 4.69) is 5.32 Å². The normalized spacial score (nSPS) is 22.8. The van der Waals surface area contributed by atoms with Crippen molar-refractivity contribution in [2.24, 2.45) is 0 Å². The number of phenolic OH excluding ortho intramolecular Hbond substituents is 1. The van der Waals surface area contributed by atoms with E-state index in [1.165, 1.54) is 0 Å². The molecule has 2 atom stereocenters. The Bertz CT molecular complexity index is 498. The molecule has 0 radical (unpaired) electrons. The Balaban J connectivity index is 2.22. The number of rotatable bonds is 4. The molecule has 2 N–H and O–H groups in total. The largest absolute Gasteiger partial charge is 0.508 e. The van der Waals surface area contributed by atoms with Gasteiger partial charge in [-0.2, -0.15) is 0 Å². The zero-order chi connectivity index (χ0) is 14.7. The molecular weight excluding hydrogens is 256 g/mol. The van der Waals surface area contributed by atoms with Crippen LogP contribution in [-0.2, 0) is 16.1 Å². The summed E-state index contributed by atoms with van der Waals surface area (Å²) in [6, 6.07) is 5.86. The van der Waals surface area contributed by atoms with Gasteiger partial charge in [-0.1, -0.05) is 26.0 Å². The summed E-state index contributed by atoms with van der Waals surface area (Å²) in [5.74, 6) is 0.0692. The second-order valence-electron chi connectivity index (χ2n) is 5.03. The van der Waals surface area contributed by atoms with Gasteiger partial charge in [0.2, 0.25) is 11.8 Å². The van der Waals surface area contributed by atoms with Gasteiger partial charge >= 0.3 is 0 Å². The molecule has 1 aromatic rings. The third-order valence-corrected chi connectivity index (χ3v) is 3.66. The monoisotopic (exact) mass is 276 g/mol. The smallest absolute Gasteiger partial charge is 0.246 e. The fourth-order valence-corrected chi connectivity index (χ4v) is 2.49. The molecule has 5 heteroatoms. The highest BCUT2D eigenvalue weighted by atomic mass is 16.3. The van der Waals surface area contributed by atoms with Crippen molar-refractivity contribution in [1.29, 1.82) is 0 Å². The number of aromatic hydroxyl groups is 1.